The minimum Gasteiger partial charge on any atom is -0.496 e. The van der Waals surface area contributed by atoms with Gasteiger partial charge in [0.05, 0.1) is 19.8 Å². The Kier molecular flexibility index (Phi) is 6.06. The summed E-state index contributed by atoms with van der Waals surface area (Å²) in [7, 11) is 3.37. The third-order valence-electron chi connectivity index (χ3n) is 7.77. The lowest BCUT2D eigenvalue weighted by molar-refractivity contribution is 0.410. The van der Waals surface area contributed by atoms with Crippen LogP contribution in [0.3, 0.4) is 0 Å². The lowest BCUT2D eigenvalue weighted by atomic mass is 9.94. The van der Waals surface area contributed by atoms with E-state index in [9.17, 15) is 4.79 Å². The van der Waals surface area contributed by atoms with E-state index in [1.165, 1.54) is 5.56 Å². The molecule has 4 nitrogen and oxygen atoms in total. The van der Waals surface area contributed by atoms with Gasteiger partial charge in [0, 0.05) is 22.1 Å². The Morgan fingerprint density at radius 1 is 0.718 bits per heavy atom. The summed E-state index contributed by atoms with van der Waals surface area (Å²) in [6, 6.07) is 20.6. The molecule has 0 spiro atoms. The van der Waals surface area contributed by atoms with Gasteiger partial charge >= 0.3 is 0 Å². The standard InChI is InChI=1S/C35H32O4/c1-7-10-23-17-28-25(18-27(23)38-6)31(33-32(34(33)36)29-20(3)15-19(2)16-21(29)4)35(39-28)30-24-12-9-8-11-22(24)13-14-26(30)37-5/h8-9,11-18H,7,10H2,1-6H3. The molecule has 0 radical (unpaired) electrons. The summed E-state index contributed by atoms with van der Waals surface area (Å²) in [6.07, 6.45) is 1.86. The zero-order valence-electron chi connectivity index (χ0n) is 23.3. The second-order valence-corrected chi connectivity index (χ2v) is 10.4. The number of rotatable bonds is 7. The predicted molar refractivity (Wildman–Crippen MR) is 160 cm³/mol. The van der Waals surface area contributed by atoms with E-state index >= 15 is 0 Å². The van der Waals surface area contributed by atoms with Crippen molar-refractivity contribution in [2.75, 3.05) is 14.2 Å². The minimum absolute atomic E-state index is 0.0600. The highest BCUT2D eigenvalue weighted by atomic mass is 16.5. The molecule has 0 N–H and O–H groups in total. The van der Waals surface area contributed by atoms with Crippen LogP contribution in [-0.2, 0) is 6.42 Å². The second-order valence-electron chi connectivity index (χ2n) is 10.4. The average Bonchev–Trinajstić information content (AvgIpc) is 3.41. The van der Waals surface area contributed by atoms with Gasteiger partial charge in [0.15, 0.2) is 5.43 Å². The van der Waals surface area contributed by atoms with Crippen molar-refractivity contribution < 1.29 is 13.9 Å². The zero-order valence-corrected chi connectivity index (χ0v) is 23.3. The maximum absolute atomic E-state index is 13.7. The number of methoxy groups -OCH3 is 2. The van der Waals surface area contributed by atoms with Crippen LogP contribution >= 0.6 is 0 Å². The van der Waals surface area contributed by atoms with Crippen LogP contribution in [0.25, 0.3) is 55.3 Å². The average molecular weight is 517 g/mol. The summed E-state index contributed by atoms with van der Waals surface area (Å²) in [5, 5.41) is 2.96. The van der Waals surface area contributed by atoms with Crippen molar-refractivity contribution >= 4 is 21.7 Å². The molecule has 6 aromatic rings. The van der Waals surface area contributed by atoms with Crippen LogP contribution in [0.1, 0.15) is 35.6 Å². The van der Waals surface area contributed by atoms with Gasteiger partial charge in [0.2, 0.25) is 0 Å². The first-order valence-corrected chi connectivity index (χ1v) is 13.4. The molecule has 6 rings (SSSR count). The second kappa shape index (κ2) is 9.46. The van der Waals surface area contributed by atoms with Gasteiger partial charge in [-0.15, -0.1) is 0 Å². The van der Waals surface area contributed by atoms with Crippen LogP contribution in [0.15, 0.2) is 69.9 Å². The Morgan fingerprint density at radius 2 is 1.41 bits per heavy atom. The molecular weight excluding hydrogens is 484 g/mol. The summed E-state index contributed by atoms with van der Waals surface area (Å²) in [5.74, 6) is 2.16. The number of benzene rings is 4. The van der Waals surface area contributed by atoms with Gasteiger partial charge in [-0.3, -0.25) is 4.79 Å². The van der Waals surface area contributed by atoms with Gasteiger partial charge in [-0.2, -0.15) is 0 Å². The van der Waals surface area contributed by atoms with Gasteiger partial charge in [0.1, 0.15) is 22.8 Å². The number of ether oxygens (including phenoxy) is 2. The van der Waals surface area contributed by atoms with E-state index in [0.717, 1.165) is 79.3 Å². The predicted octanol–water partition coefficient (Wildman–Crippen LogP) is 8.72. The molecule has 0 atom stereocenters. The summed E-state index contributed by atoms with van der Waals surface area (Å²) in [5.41, 5.74) is 9.42. The zero-order chi connectivity index (χ0) is 27.4. The van der Waals surface area contributed by atoms with E-state index in [1.54, 1.807) is 14.2 Å². The third-order valence-corrected chi connectivity index (χ3v) is 7.77. The maximum Gasteiger partial charge on any atom is 0.195 e. The van der Waals surface area contributed by atoms with Gasteiger partial charge in [-0.05, 0) is 78.4 Å². The molecule has 0 aliphatic carbocycles. The summed E-state index contributed by atoms with van der Waals surface area (Å²) in [6.45, 7) is 8.39. The fourth-order valence-electron chi connectivity index (χ4n) is 6.12. The number of hydrogen-bond donors (Lipinski definition) is 0. The van der Waals surface area contributed by atoms with Crippen LogP contribution in [0.2, 0.25) is 0 Å². The number of hydrogen-bond acceptors (Lipinski definition) is 4. The van der Waals surface area contributed by atoms with E-state index in [1.807, 2.05) is 30.3 Å². The van der Waals surface area contributed by atoms with E-state index in [0.29, 0.717) is 17.1 Å². The van der Waals surface area contributed by atoms with Crippen molar-refractivity contribution in [1.29, 1.82) is 0 Å². The molecule has 0 bridgehead atoms. The van der Waals surface area contributed by atoms with Crippen molar-refractivity contribution in [2.24, 2.45) is 0 Å². The van der Waals surface area contributed by atoms with Gasteiger partial charge in [-0.25, -0.2) is 0 Å². The van der Waals surface area contributed by atoms with Crippen molar-refractivity contribution in [3.63, 3.8) is 0 Å². The largest absolute Gasteiger partial charge is 0.496 e. The topological polar surface area (TPSA) is 48.7 Å². The van der Waals surface area contributed by atoms with E-state index < -0.39 is 0 Å². The van der Waals surface area contributed by atoms with Gasteiger partial charge < -0.3 is 13.9 Å². The van der Waals surface area contributed by atoms with E-state index in [-0.39, 0.29) is 5.43 Å². The Hall–Kier alpha value is -4.31. The highest BCUT2D eigenvalue weighted by Crippen LogP contribution is 2.51. The van der Waals surface area contributed by atoms with Crippen LogP contribution in [0.5, 0.6) is 11.5 Å². The third kappa shape index (κ3) is 3.94. The fraction of sp³-hybridized carbons (Fsp3) is 0.229. The van der Waals surface area contributed by atoms with Crippen molar-refractivity contribution in [1.82, 2.24) is 0 Å². The first-order chi connectivity index (χ1) is 18.9. The Bertz CT molecular complexity index is 1870. The van der Waals surface area contributed by atoms with Crippen LogP contribution in [0.4, 0.5) is 0 Å². The molecule has 0 amide bonds. The Labute approximate surface area is 228 Å². The first kappa shape index (κ1) is 25.0. The summed E-state index contributed by atoms with van der Waals surface area (Å²) >= 11 is 0. The molecule has 5 aromatic carbocycles. The maximum atomic E-state index is 13.7. The number of aryl methyl sites for hydroxylation is 4. The molecule has 0 fully saturated rings. The van der Waals surface area contributed by atoms with Crippen LogP contribution < -0.4 is 14.9 Å². The molecule has 1 heterocycles. The first-order valence-electron chi connectivity index (χ1n) is 13.4. The molecule has 4 heteroatoms. The van der Waals surface area contributed by atoms with Gasteiger partial charge in [-0.1, -0.05) is 61.4 Å². The smallest absolute Gasteiger partial charge is 0.195 e. The molecule has 196 valence electrons. The highest BCUT2D eigenvalue weighted by Gasteiger charge is 2.34. The molecule has 0 aliphatic heterocycles. The molecule has 0 aliphatic rings. The molecule has 39 heavy (non-hydrogen) atoms. The van der Waals surface area contributed by atoms with Crippen molar-refractivity contribution in [3.05, 3.63) is 93.1 Å². The van der Waals surface area contributed by atoms with E-state index in [4.69, 9.17) is 13.9 Å². The SMILES string of the molecule is CCCc1cc2oc(-c3c(OC)ccc4ccccc34)c(-c3c(-c4c(C)cc(C)cc4C)c3=O)c2cc1OC. The monoisotopic (exact) mass is 516 g/mol. The van der Waals surface area contributed by atoms with Crippen LogP contribution in [0, 0.1) is 20.8 Å². The molecule has 0 saturated heterocycles. The normalized spacial score (nSPS) is 11.6. The van der Waals surface area contributed by atoms with Crippen LogP contribution in [-0.4, -0.2) is 14.2 Å². The fourth-order valence-corrected chi connectivity index (χ4v) is 6.12. The Morgan fingerprint density at radius 3 is 2.10 bits per heavy atom. The number of fused-ring (bicyclic) bond motifs is 2. The molecular formula is C35H32O4. The summed E-state index contributed by atoms with van der Waals surface area (Å²) < 4.78 is 18.4. The number of furan rings is 1. The quantitative estimate of drug-likeness (QED) is 0.213. The van der Waals surface area contributed by atoms with Crippen molar-refractivity contribution in [2.45, 2.75) is 40.5 Å². The Balaban J connectivity index is 1.72. The molecule has 1 aromatic heterocycles. The van der Waals surface area contributed by atoms with Gasteiger partial charge in [0.25, 0.3) is 0 Å². The molecule has 0 unspecified atom stereocenters. The lowest BCUT2D eigenvalue weighted by Gasteiger charge is -2.11. The molecule has 0 saturated carbocycles. The summed E-state index contributed by atoms with van der Waals surface area (Å²) in [4.78, 5) is 13.7. The minimum atomic E-state index is 0.0600. The lowest BCUT2D eigenvalue weighted by Crippen LogP contribution is -1.92. The highest BCUT2D eigenvalue weighted by molar-refractivity contribution is 6.14. The van der Waals surface area contributed by atoms with Crippen molar-refractivity contribution in [3.8, 4) is 45.1 Å². The van der Waals surface area contributed by atoms with E-state index in [2.05, 4.69) is 58.0 Å².